The van der Waals surface area contributed by atoms with Gasteiger partial charge in [0.25, 0.3) is 0 Å². The van der Waals surface area contributed by atoms with Crippen LogP contribution in [0.5, 0.6) is 0 Å². The highest BCUT2D eigenvalue weighted by molar-refractivity contribution is 5.33. The number of alkyl halides is 3. The summed E-state index contributed by atoms with van der Waals surface area (Å²) in [5, 5.41) is 0. The Hall–Kier alpha value is -1.46. The predicted octanol–water partition coefficient (Wildman–Crippen LogP) is 1.38. The number of aryl methyl sites for hydroxylation is 1. The molecule has 2 N–H and O–H groups in total. The van der Waals surface area contributed by atoms with Crippen LogP contribution in [0, 0.1) is 0 Å². The Morgan fingerprint density at radius 1 is 1.43 bits per heavy atom. The first-order chi connectivity index (χ1) is 6.38. The minimum Gasteiger partial charge on any atom is -0.394 e. The first-order valence-corrected chi connectivity index (χ1v) is 3.91. The van der Waals surface area contributed by atoms with Gasteiger partial charge in [0.1, 0.15) is 0 Å². The van der Waals surface area contributed by atoms with Gasteiger partial charge in [-0.05, 0) is 0 Å². The molecule has 1 aromatic rings. The molecule has 6 heteroatoms. The summed E-state index contributed by atoms with van der Waals surface area (Å²) in [6.07, 6.45) is -2.65. The molecule has 1 rings (SSSR count). The molecule has 0 aliphatic carbocycles. The molecule has 0 spiro atoms. The van der Waals surface area contributed by atoms with E-state index < -0.39 is 12.6 Å². The SMILES string of the molecule is Nc1cn(CCC(F)(F)F)ccc1=O. The summed E-state index contributed by atoms with van der Waals surface area (Å²) < 4.78 is 36.7. The normalized spacial score (nSPS) is 11.6. The Labute approximate surface area is 78.0 Å². The smallest absolute Gasteiger partial charge is 0.390 e. The minimum atomic E-state index is -4.20. The Morgan fingerprint density at radius 2 is 2.07 bits per heavy atom. The van der Waals surface area contributed by atoms with Gasteiger partial charge in [0.15, 0.2) is 0 Å². The van der Waals surface area contributed by atoms with Crippen LogP contribution < -0.4 is 11.2 Å². The predicted molar refractivity (Wildman–Crippen MR) is 45.8 cm³/mol. The first-order valence-electron chi connectivity index (χ1n) is 3.91. The fraction of sp³-hybridized carbons (Fsp3) is 0.375. The molecule has 78 valence electrons. The van der Waals surface area contributed by atoms with Crippen molar-refractivity contribution in [3.63, 3.8) is 0 Å². The third-order valence-corrected chi connectivity index (χ3v) is 1.66. The maximum absolute atomic E-state index is 11.8. The van der Waals surface area contributed by atoms with Crippen LogP contribution >= 0.6 is 0 Å². The molecule has 0 bridgehead atoms. The number of nitrogens with zero attached hydrogens (tertiary/aromatic N) is 1. The lowest BCUT2D eigenvalue weighted by atomic mass is 10.3. The molecule has 14 heavy (non-hydrogen) atoms. The number of rotatable bonds is 2. The fourth-order valence-electron chi connectivity index (χ4n) is 0.940. The van der Waals surface area contributed by atoms with E-state index in [4.69, 9.17) is 5.73 Å². The zero-order valence-electron chi connectivity index (χ0n) is 7.21. The minimum absolute atomic E-state index is 0.0466. The third-order valence-electron chi connectivity index (χ3n) is 1.66. The molecule has 0 amide bonds. The van der Waals surface area contributed by atoms with Gasteiger partial charge >= 0.3 is 6.18 Å². The summed E-state index contributed by atoms with van der Waals surface area (Å²) in [6, 6.07) is 1.14. The van der Waals surface area contributed by atoms with Gasteiger partial charge in [-0.25, -0.2) is 0 Å². The van der Waals surface area contributed by atoms with E-state index in [2.05, 4.69) is 0 Å². The van der Waals surface area contributed by atoms with Crippen molar-refractivity contribution in [2.75, 3.05) is 5.73 Å². The molecule has 0 fully saturated rings. The Kier molecular flexibility index (Phi) is 2.83. The Morgan fingerprint density at radius 3 is 2.57 bits per heavy atom. The van der Waals surface area contributed by atoms with Gasteiger partial charge in [-0.15, -0.1) is 0 Å². The summed E-state index contributed by atoms with van der Waals surface area (Å²) in [4.78, 5) is 10.8. The van der Waals surface area contributed by atoms with Crippen molar-refractivity contribution in [1.82, 2.24) is 4.57 Å². The van der Waals surface area contributed by atoms with E-state index in [-0.39, 0.29) is 17.7 Å². The highest BCUT2D eigenvalue weighted by atomic mass is 19.4. The quantitative estimate of drug-likeness (QED) is 0.794. The second-order valence-corrected chi connectivity index (χ2v) is 2.87. The number of anilines is 1. The highest BCUT2D eigenvalue weighted by Gasteiger charge is 2.26. The van der Waals surface area contributed by atoms with Crippen molar-refractivity contribution in [3.8, 4) is 0 Å². The molecular formula is C8H9F3N2O. The molecule has 0 atom stereocenters. The second kappa shape index (κ2) is 3.73. The number of hydrogen-bond donors (Lipinski definition) is 1. The Balaban J connectivity index is 2.70. The average Bonchev–Trinajstić information content (AvgIpc) is 2.06. The van der Waals surface area contributed by atoms with Crippen LogP contribution in [0.1, 0.15) is 6.42 Å². The maximum Gasteiger partial charge on any atom is 0.390 e. The molecule has 0 radical (unpaired) electrons. The molecule has 0 aliphatic heterocycles. The molecule has 0 saturated carbocycles. The molecule has 3 nitrogen and oxygen atoms in total. The maximum atomic E-state index is 11.8. The molecule has 0 saturated heterocycles. The van der Waals surface area contributed by atoms with Gasteiger partial charge in [0, 0.05) is 25.0 Å². The van der Waals surface area contributed by atoms with Crippen LogP contribution in [0.3, 0.4) is 0 Å². The fourth-order valence-corrected chi connectivity index (χ4v) is 0.940. The summed E-state index contributed by atoms with van der Waals surface area (Å²) in [6.45, 7) is -0.228. The van der Waals surface area contributed by atoms with Crippen molar-refractivity contribution >= 4 is 5.69 Å². The van der Waals surface area contributed by atoms with Crippen LogP contribution in [-0.4, -0.2) is 10.7 Å². The molecular weight excluding hydrogens is 197 g/mol. The van der Waals surface area contributed by atoms with Gasteiger partial charge < -0.3 is 10.3 Å². The van der Waals surface area contributed by atoms with Gasteiger partial charge in [0.05, 0.1) is 12.1 Å². The van der Waals surface area contributed by atoms with Crippen molar-refractivity contribution in [3.05, 3.63) is 28.7 Å². The van der Waals surface area contributed by atoms with E-state index >= 15 is 0 Å². The number of halogens is 3. The van der Waals surface area contributed by atoms with Crippen molar-refractivity contribution in [2.45, 2.75) is 19.1 Å². The monoisotopic (exact) mass is 206 g/mol. The first kappa shape index (κ1) is 10.6. The van der Waals surface area contributed by atoms with E-state index in [1.165, 1.54) is 17.0 Å². The molecule has 0 unspecified atom stereocenters. The average molecular weight is 206 g/mol. The van der Waals surface area contributed by atoms with Crippen LogP contribution in [-0.2, 0) is 6.54 Å². The van der Waals surface area contributed by atoms with Gasteiger partial charge in [-0.2, -0.15) is 13.2 Å². The number of nitrogen functional groups attached to an aromatic ring is 1. The number of nitrogens with two attached hydrogens (primary N) is 1. The van der Waals surface area contributed by atoms with Crippen molar-refractivity contribution < 1.29 is 13.2 Å². The topological polar surface area (TPSA) is 48.0 Å². The van der Waals surface area contributed by atoms with Crippen LogP contribution in [0.15, 0.2) is 23.3 Å². The summed E-state index contributed by atoms with van der Waals surface area (Å²) in [7, 11) is 0. The molecule has 0 aliphatic rings. The van der Waals surface area contributed by atoms with Crippen LogP contribution in [0.2, 0.25) is 0 Å². The second-order valence-electron chi connectivity index (χ2n) is 2.87. The molecule has 1 aromatic heterocycles. The largest absolute Gasteiger partial charge is 0.394 e. The van der Waals surface area contributed by atoms with Gasteiger partial charge in [-0.3, -0.25) is 4.79 Å². The molecule has 1 heterocycles. The van der Waals surface area contributed by atoms with E-state index in [1.54, 1.807) is 0 Å². The van der Waals surface area contributed by atoms with E-state index in [0.29, 0.717) is 0 Å². The highest BCUT2D eigenvalue weighted by Crippen LogP contribution is 2.20. The van der Waals surface area contributed by atoms with E-state index in [0.717, 1.165) is 6.07 Å². The number of hydrogen-bond acceptors (Lipinski definition) is 2. The number of pyridine rings is 1. The van der Waals surface area contributed by atoms with Crippen LogP contribution in [0.4, 0.5) is 18.9 Å². The lowest BCUT2D eigenvalue weighted by Crippen LogP contribution is -2.15. The van der Waals surface area contributed by atoms with Crippen LogP contribution in [0.25, 0.3) is 0 Å². The van der Waals surface area contributed by atoms with Gasteiger partial charge in [0.2, 0.25) is 5.43 Å². The standard InChI is InChI=1S/C8H9F3N2O/c9-8(10,11)2-4-13-3-1-7(14)6(12)5-13/h1,3,5H,2,4,12H2. The lowest BCUT2D eigenvalue weighted by Gasteiger charge is -2.09. The number of aromatic nitrogens is 1. The summed E-state index contributed by atoms with van der Waals surface area (Å²) in [5.41, 5.74) is 4.82. The third kappa shape index (κ3) is 3.12. The lowest BCUT2D eigenvalue weighted by molar-refractivity contribution is -0.136. The van der Waals surface area contributed by atoms with Gasteiger partial charge in [-0.1, -0.05) is 0 Å². The van der Waals surface area contributed by atoms with E-state index in [1.807, 2.05) is 0 Å². The zero-order chi connectivity index (χ0) is 10.8. The van der Waals surface area contributed by atoms with E-state index in [9.17, 15) is 18.0 Å². The summed E-state index contributed by atoms with van der Waals surface area (Å²) >= 11 is 0. The summed E-state index contributed by atoms with van der Waals surface area (Å²) in [5.74, 6) is 0. The molecule has 0 aromatic carbocycles. The zero-order valence-corrected chi connectivity index (χ0v) is 7.21. The van der Waals surface area contributed by atoms with Crippen molar-refractivity contribution in [2.24, 2.45) is 0 Å². The Bertz CT molecular complexity index is 370. The van der Waals surface area contributed by atoms with Crippen molar-refractivity contribution in [1.29, 1.82) is 0 Å².